The molecule has 0 aromatic heterocycles. The molecule has 1 saturated heterocycles. The summed E-state index contributed by atoms with van der Waals surface area (Å²) in [6.07, 6.45) is 2.00. The van der Waals surface area contributed by atoms with E-state index < -0.39 is 0 Å². The minimum Gasteiger partial charge on any atom is -0.369 e. The Balaban J connectivity index is 2.32. The zero-order valence-electron chi connectivity index (χ0n) is 9.45. The maximum Gasteiger partial charge on any atom is 0.138 e. The standard InChI is InChI=1S/C11H21NO2/c1-9(2)11(13)10-4-6-12(7-5-10)8-14-3/h9-10H,4-8H2,1-3H3. The summed E-state index contributed by atoms with van der Waals surface area (Å²) in [6.45, 7) is 6.67. The number of carbonyl (C=O) groups is 1. The van der Waals surface area contributed by atoms with Crippen molar-refractivity contribution in [2.75, 3.05) is 26.9 Å². The largest absolute Gasteiger partial charge is 0.369 e. The van der Waals surface area contributed by atoms with Gasteiger partial charge in [0.1, 0.15) is 5.78 Å². The van der Waals surface area contributed by atoms with Gasteiger partial charge in [-0.2, -0.15) is 0 Å². The number of methoxy groups -OCH3 is 1. The number of carbonyl (C=O) groups excluding carboxylic acids is 1. The number of rotatable bonds is 4. The van der Waals surface area contributed by atoms with Crippen LogP contribution in [0.5, 0.6) is 0 Å². The summed E-state index contributed by atoms with van der Waals surface area (Å²) in [4.78, 5) is 14.0. The van der Waals surface area contributed by atoms with Crippen LogP contribution in [-0.2, 0) is 9.53 Å². The fourth-order valence-electron chi connectivity index (χ4n) is 2.00. The summed E-state index contributed by atoms with van der Waals surface area (Å²) in [5.41, 5.74) is 0. The second-order valence-electron chi connectivity index (χ2n) is 4.37. The maximum atomic E-state index is 11.7. The van der Waals surface area contributed by atoms with Crippen LogP contribution >= 0.6 is 0 Å². The Bertz CT molecular complexity index is 184. The van der Waals surface area contributed by atoms with Gasteiger partial charge in [0, 0.05) is 32.0 Å². The van der Waals surface area contributed by atoms with Crippen molar-refractivity contribution in [2.45, 2.75) is 26.7 Å². The smallest absolute Gasteiger partial charge is 0.138 e. The first-order chi connectivity index (χ1) is 6.65. The monoisotopic (exact) mass is 199 g/mol. The fourth-order valence-corrected chi connectivity index (χ4v) is 2.00. The van der Waals surface area contributed by atoms with Crippen LogP contribution in [-0.4, -0.2) is 37.6 Å². The summed E-state index contributed by atoms with van der Waals surface area (Å²) in [7, 11) is 1.71. The molecule has 0 amide bonds. The molecule has 14 heavy (non-hydrogen) atoms. The third-order valence-corrected chi connectivity index (χ3v) is 2.87. The molecule has 0 aliphatic carbocycles. The molecule has 3 heteroatoms. The van der Waals surface area contributed by atoms with E-state index in [2.05, 4.69) is 4.90 Å². The Morgan fingerprint density at radius 1 is 1.43 bits per heavy atom. The molecule has 0 spiro atoms. The van der Waals surface area contributed by atoms with Crippen LogP contribution in [0.1, 0.15) is 26.7 Å². The topological polar surface area (TPSA) is 29.5 Å². The van der Waals surface area contributed by atoms with Gasteiger partial charge in [0.05, 0.1) is 6.73 Å². The summed E-state index contributed by atoms with van der Waals surface area (Å²) in [6, 6.07) is 0. The Hall–Kier alpha value is -0.410. The molecule has 0 saturated carbocycles. The highest BCUT2D eigenvalue weighted by molar-refractivity contribution is 5.82. The molecule has 0 unspecified atom stereocenters. The summed E-state index contributed by atoms with van der Waals surface area (Å²) in [5, 5.41) is 0. The molecule has 0 aromatic carbocycles. The van der Waals surface area contributed by atoms with Gasteiger partial charge in [0.25, 0.3) is 0 Å². The van der Waals surface area contributed by atoms with Gasteiger partial charge in [0.15, 0.2) is 0 Å². The number of nitrogens with zero attached hydrogens (tertiary/aromatic N) is 1. The number of hydrogen-bond donors (Lipinski definition) is 0. The molecule has 3 nitrogen and oxygen atoms in total. The Morgan fingerprint density at radius 3 is 2.43 bits per heavy atom. The zero-order valence-corrected chi connectivity index (χ0v) is 9.45. The number of ketones is 1. The van der Waals surface area contributed by atoms with Crippen molar-refractivity contribution in [3.63, 3.8) is 0 Å². The lowest BCUT2D eigenvalue weighted by Gasteiger charge is -2.31. The van der Waals surface area contributed by atoms with Crippen LogP contribution in [0.3, 0.4) is 0 Å². The fraction of sp³-hybridized carbons (Fsp3) is 0.909. The van der Waals surface area contributed by atoms with E-state index in [4.69, 9.17) is 4.74 Å². The van der Waals surface area contributed by atoms with Gasteiger partial charge in [-0.15, -0.1) is 0 Å². The van der Waals surface area contributed by atoms with Crippen molar-refractivity contribution in [1.29, 1.82) is 0 Å². The first-order valence-corrected chi connectivity index (χ1v) is 5.40. The Morgan fingerprint density at radius 2 is 2.00 bits per heavy atom. The average Bonchev–Trinajstić information content (AvgIpc) is 2.18. The highest BCUT2D eigenvalue weighted by Gasteiger charge is 2.25. The van der Waals surface area contributed by atoms with E-state index in [1.165, 1.54) is 0 Å². The average molecular weight is 199 g/mol. The van der Waals surface area contributed by atoms with E-state index in [1.807, 2.05) is 13.8 Å². The summed E-state index contributed by atoms with van der Waals surface area (Å²) < 4.78 is 5.07. The highest BCUT2D eigenvalue weighted by atomic mass is 16.5. The highest BCUT2D eigenvalue weighted by Crippen LogP contribution is 2.20. The quantitative estimate of drug-likeness (QED) is 0.687. The molecule has 0 radical (unpaired) electrons. The van der Waals surface area contributed by atoms with Gasteiger partial charge >= 0.3 is 0 Å². The van der Waals surface area contributed by atoms with Crippen LogP contribution in [0.2, 0.25) is 0 Å². The molecule has 0 atom stereocenters. The Kier molecular flexibility index (Phi) is 4.55. The van der Waals surface area contributed by atoms with Crippen LogP contribution in [0.4, 0.5) is 0 Å². The molecule has 1 fully saturated rings. The van der Waals surface area contributed by atoms with Crippen molar-refractivity contribution in [1.82, 2.24) is 4.90 Å². The van der Waals surface area contributed by atoms with Crippen molar-refractivity contribution >= 4 is 5.78 Å². The van der Waals surface area contributed by atoms with E-state index in [9.17, 15) is 4.79 Å². The zero-order chi connectivity index (χ0) is 10.6. The minimum atomic E-state index is 0.189. The summed E-state index contributed by atoms with van der Waals surface area (Å²) >= 11 is 0. The van der Waals surface area contributed by atoms with E-state index in [-0.39, 0.29) is 5.92 Å². The molecule has 0 N–H and O–H groups in total. The minimum absolute atomic E-state index is 0.189. The van der Waals surface area contributed by atoms with Crippen molar-refractivity contribution in [3.05, 3.63) is 0 Å². The van der Waals surface area contributed by atoms with Crippen LogP contribution in [0, 0.1) is 11.8 Å². The maximum absolute atomic E-state index is 11.7. The number of ether oxygens (including phenoxy) is 1. The normalized spacial score (nSPS) is 20.3. The lowest BCUT2D eigenvalue weighted by Crippen LogP contribution is -2.38. The van der Waals surface area contributed by atoms with Crippen LogP contribution < -0.4 is 0 Å². The van der Waals surface area contributed by atoms with Crippen molar-refractivity contribution < 1.29 is 9.53 Å². The van der Waals surface area contributed by atoms with Gasteiger partial charge in [-0.25, -0.2) is 0 Å². The lowest BCUT2D eigenvalue weighted by atomic mass is 9.87. The van der Waals surface area contributed by atoms with Crippen molar-refractivity contribution in [2.24, 2.45) is 11.8 Å². The number of piperidine rings is 1. The van der Waals surface area contributed by atoms with Gasteiger partial charge in [-0.3, -0.25) is 9.69 Å². The first kappa shape index (κ1) is 11.7. The van der Waals surface area contributed by atoms with E-state index in [1.54, 1.807) is 7.11 Å². The predicted molar refractivity (Wildman–Crippen MR) is 56.0 cm³/mol. The molecule has 1 rings (SSSR count). The molecular weight excluding hydrogens is 178 g/mol. The SMILES string of the molecule is COCN1CCC(C(=O)C(C)C)CC1. The van der Waals surface area contributed by atoms with Gasteiger partial charge in [0.2, 0.25) is 0 Å². The van der Waals surface area contributed by atoms with Gasteiger partial charge in [-0.1, -0.05) is 13.8 Å². The number of hydrogen-bond acceptors (Lipinski definition) is 3. The second-order valence-corrected chi connectivity index (χ2v) is 4.37. The second kappa shape index (κ2) is 5.47. The summed E-state index contributed by atoms with van der Waals surface area (Å²) in [5.74, 6) is 0.916. The molecule has 0 bridgehead atoms. The molecule has 82 valence electrons. The van der Waals surface area contributed by atoms with E-state index >= 15 is 0 Å². The van der Waals surface area contributed by atoms with Crippen molar-refractivity contribution in [3.8, 4) is 0 Å². The lowest BCUT2D eigenvalue weighted by molar-refractivity contribution is -0.127. The third kappa shape index (κ3) is 3.07. The molecule has 1 aliphatic rings. The molecular formula is C11H21NO2. The Labute approximate surface area is 86.4 Å². The first-order valence-electron chi connectivity index (χ1n) is 5.40. The number of likely N-dealkylation sites (tertiary alicyclic amines) is 1. The third-order valence-electron chi connectivity index (χ3n) is 2.87. The van der Waals surface area contributed by atoms with Gasteiger partial charge < -0.3 is 4.74 Å². The number of Topliss-reactive ketones (excluding diaryl/α,β-unsaturated/α-hetero) is 1. The predicted octanol–water partition coefficient (Wildman–Crippen LogP) is 1.53. The molecule has 0 aromatic rings. The van der Waals surface area contributed by atoms with E-state index in [0.717, 1.165) is 25.9 Å². The molecule has 1 aliphatic heterocycles. The molecule has 1 heterocycles. The van der Waals surface area contributed by atoms with Crippen LogP contribution in [0.25, 0.3) is 0 Å². The van der Waals surface area contributed by atoms with E-state index in [0.29, 0.717) is 18.4 Å². The van der Waals surface area contributed by atoms with Gasteiger partial charge in [-0.05, 0) is 12.8 Å². The van der Waals surface area contributed by atoms with Crippen LogP contribution in [0.15, 0.2) is 0 Å².